The molecule has 0 bridgehead atoms. The van der Waals surface area contributed by atoms with Gasteiger partial charge in [-0.25, -0.2) is 0 Å². The molecule has 1 aromatic carbocycles. The smallest absolute Gasteiger partial charge is 0.309 e. The van der Waals surface area contributed by atoms with Crippen LogP contribution in [0.3, 0.4) is 0 Å². The highest BCUT2D eigenvalue weighted by Gasteiger charge is 2.61. The summed E-state index contributed by atoms with van der Waals surface area (Å²) in [6, 6.07) is 9.47. The summed E-state index contributed by atoms with van der Waals surface area (Å²) in [5.41, 5.74) is 1.37. The first-order chi connectivity index (χ1) is 9.02. The standard InChI is InChI=1S/C16H18O3/c1-16(2)13(14(16)15(18)19-3)9-12(10-17)11-7-5-4-6-8-11/h4-10,13-14H,1-3H3/b12-9-/t13-,14+/m0/s1. The summed E-state index contributed by atoms with van der Waals surface area (Å²) in [5, 5.41) is 0. The number of ether oxygens (including phenoxy) is 1. The van der Waals surface area contributed by atoms with Crippen LogP contribution < -0.4 is 0 Å². The van der Waals surface area contributed by atoms with Crippen molar-refractivity contribution in [1.29, 1.82) is 0 Å². The molecule has 0 heterocycles. The highest BCUT2D eigenvalue weighted by atomic mass is 16.5. The van der Waals surface area contributed by atoms with Crippen molar-refractivity contribution in [3.05, 3.63) is 42.0 Å². The van der Waals surface area contributed by atoms with E-state index < -0.39 is 0 Å². The number of carbonyl (C=O) groups is 2. The van der Waals surface area contributed by atoms with E-state index in [-0.39, 0.29) is 23.2 Å². The number of aldehydes is 1. The lowest BCUT2D eigenvalue weighted by Gasteiger charge is -2.01. The zero-order chi connectivity index (χ0) is 14.0. The maximum Gasteiger partial charge on any atom is 0.309 e. The predicted octanol–water partition coefficient (Wildman–Crippen LogP) is 2.71. The molecule has 2 rings (SSSR count). The molecule has 0 radical (unpaired) electrons. The summed E-state index contributed by atoms with van der Waals surface area (Å²) < 4.78 is 4.80. The van der Waals surface area contributed by atoms with Crippen LogP contribution in [0, 0.1) is 17.3 Å². The highest BCUT2D eigenvalue weighted by Crippen LogP contribution is 2.60. The minimum absolute atomic E-state index is 0.0559. The van der Waals surface area contributed by atoms with Gasteiger partial charge in [-0.05, 0) is 16.9 Å². The molecule has 2 atom stereocenters. The maximum atomic E-state index is 11.7. The van der Waals surface area contributed by atoms with Gasteiger partial charge in [0.2, 0.25) is 0 Å². The Labute approximate surface area is 113 Å². The predicted molar refractivity (Wildman–Crippen MR) is 73.3 cm³/mol. The zero-order valence-electron chi connectivity index (χ0n) is 11.4. The third-order valence-electron chi connectivity index (χ3n) is 3.96. The molecule has 19 heavy (non-hydrogen) atoms. The van der Waals surface area contributed by atoms with E-state index in [0.717, 1.165) is 11.8 Å². The molecule has 1 aliphatic rings. The van der Waals surface area contributed by atoms with Crippen LogP contribution in [0.4, 0.5) is 0 Å². The van der Waals surface area contributed by atoms with Gasteiger partial charge in [-0.15, -0.1) is 0 Å². The lowest BCUT2D eigenvalue weighted by atomic mass is 10.0. The number of hydrogen-bond acceptors (Lipinski definition) is 3. The lowest BCUT2D eigenvalue weighted by molar-refractivity contribution is -0.143. The van der Waals surface area contributed by atoms with Crippen molar-refractivity contribution < 1.29 is 14.3 Å². The van der Waals surface area contributed by atoms with Gasteiger partial charge in [0.15, 0.2) is 0 Å². The normalized spacial score (nSPS) is 24.7. The molecule has 0 aliphatic heterocycles. The van der Waals surface area contributed by atoms with E-state index in [4.69, 9.17) is 4.74 Å². The van der Waals surface area contributed by atoms with Crippen LogP contribution in [-0.2, 0) is 14.3 Å². The van der Waals surface area contributed by atoms with Crippen molar-refractivity contribution in [2.75, 3.05) is 7.11 Å². The molecule has 3 nitrogen and oxygen atoms in total. The Balaban J connectivity index is 2.26. The molecule has 1 saturated carbocycles. The Morgan fingerprint density at radius 1 is 1.26 bits per heavy atom. The molecular weight excluding hydrogens is 240 g/mol. The molecule has 0 unspecified atom stereocenters. The van der Waals surface area contributed by atoms with E-state index in [0.29, 0.717) is 5.57 Å². The second-order valence-electron chi connectivity index (χ2n) is 5.45. The van der Waals surface area contributed by atoms with Crippen molar-refractivity contribution in [2.24, 2.45) is 17.3 Å². The summed E-state index contributed by atoms with van der Waals surface area (Å²) in [6.07, 6.45) is 2.74. The van der Waals surface area contributed by atoms with Gasteiger partial charge in [0.05, 0.1) is 13.0 Å². The molecule has 0 saturated heterocycles. The Bertz CT molecular complexity index is 514. The summed E-state index contributed by atoms with van der Waals surface area (Å²) in [6.45, 7) is 4.03. The fraction of sp³-hybridized carbons (Fsp3) is 0.375. The van der Waals surface area contributed by atoms with Gasteiger partial charge < -0.3 is 4.74 Å². The topological polar surface area (TPSA) is 43.4 Å². The minimum atomic E-state index is -0.204. The van der Waals surface area contributed by atoms with E-state index in [9.17, 15) is 9.59 Å². The number of hydrogen-bond donors (Lipinski definition) is 0. The summed E-state index contributed by atoms with van der Waals surface area (Å²) in [5.74, 6) is -0.305. The van der Waals surface area contributed by atoms with E-state index in [1.165, 1.54) is 7.11 Å². The molecule has 0 spiro atoms. The quantitative estimate of drug-likeness (QED) is 0.474. The number of rotatable bonds is 4. The van der Waals surface area contributed by atoms with E-state index in [2.05, 4.69) is 0 Å². The van der Waals surface area contributed by atoms with Crippen LogP contribution in [0.15, 0.2) is 36.4 Å². The average Bonchev–Trinajstić information content (AvgIpc) is 2.97. The summed E-state index contributed by atoms with van der Waals surface area (Å²) in [4.78, 5) is 22.9. The second kappa shape index (κ2) is 5.00. The number of esters is 1. The lowest BCUT2D eigenvalue weighted by Crippen LogP contribution is -2.07. The first-order valence-corrected chi connectivity index (χ1v) is 6.32. The van der Waals surface area contributed by atoms with Crippen LogP contribution in [0.5, 0.6) is 0 Å². The van der Waals surface area contributed by atoms with E-state index in [1.54, 1.807) is 0 Å². The Morgan fingerprint density at radius 3 is 2.42 bits per heavy atom. The Morgan fingerprint density at radius 2 is 1.89 bits per heavy atom. The molecule has 0 aromatic heterocycles. The van der Waals surface area contributed by atoms with Crippen molar-refractivity contribution in [3.63, 3.8) is 0 Å². The monoisotopic (exact) mass is 258 g/mol. The third kappa shape index (κ3) is 2.46. The number of methoxy groups -OCH3 is 1. The average molecular weight is 258 g/mol. The van der Waals surface area contributed by atoms with Gasteiger partial charge in [0, 0.05) is 5.57 Å². The van der Waals surface area contributed by atoms with Crippen molar-refractivity contribution >= 4 is 17.8 Å². The van der Waals surface area contributed by atoms with Gasteiger partial charge in [0.25, 0.3) is 0 Å². The number of allylic oxidation sites excluding steroid dienone is 2. The first-order valence-electron chi connectivity index (χ1n) is 6.32. The van der Waals surface area contributed by atoms with Gasteiger partial charge in [0.1, 0.15) is 6.29 Å². The fourth-order valence-corrected chi connectivity index (χ4v) is 2.59. The van der Waals surface area contributed by atoms with Crippen LogP contribution in [-0.4, -0.2) is 19.4 Å². The largest absolute Gasteiger partial charge is 0.469 e. The first kappa shape index (κ1) is 13.5. The van der Waals surface area contributed by atoms with Crippen molar-refractivity contribution in [2.45, 2.75) is 13.8 Å². The molecule has 1 aliphatic carbocycles. The molecule has 3 heteroatoms. The van der Waals surface area contributed by atoms with Gasteiger partial charge >= 0.3 is 5.97 Å². The second-order valence-corrected chi connectivity index (χ2v) is 5.45. The number of benzene rings is 1. The van der Waals surface area contributed by atoms with E-state index in [1.807, 2.05) is 50.3 Å². The molecule has 0 N–H and O–H groups in total. The molecule has 100 valence electrons. The molecule has 1 fully saturated rings. The van der Waals surface area contributed by atoms with Crippen LogP contribution in [0.2, 0.25) is 0 Å². The van der Waals surface area contributed by atoms with Crippen LogP contribution >= 0.6 is 0 Å². The molecule has 0 amide bonds. The van der Waals surface area contributed by atoms with Crippen LogP contribution in [0.25, 0.3) is 5.57 Å². The zero-order valence-corrected chi connectivity index (χ0v) is 11.4. The van der Waals surface area contributed by atoms with Gasteiger partial charge in [-0.3, -0.25) is 9.59 Å². The van der Waals surface area contributed by atoms with Gasteiger partial charge in [-0.2, -0.15) is 0 Å². The Hall–Kier alpha value is -1.90. The molecule has 1 aromatic rings. The third-order valence-corrected chi connectivity index (χ3v) is 3.96. The maximum absolute atomic E-state index is 11.7. The highest BCUT2D eigenvalue weighted by molar-refractivity contribution is 6.07. The minimum Gasteiger partial charge on any atom is -0.469 e. The molecular formula is C16H18O3. The van der Waals surface area contributed by atoms with Gasteiger partial charge in [-0.1, -0.05) is 50.3 Å². The van der Waals surface area contributed by atoms with Crippen molar-refractivity contribution in [1.82, 2.24) is 0 Å². The summed E-state index contributed by atoms with van der Waals surface area (Å²) in [7, 11) is 1.40. The van der Waals surface area contributed by atoms with Crippen LogP contribution in [0.1, 0.15) is 19.4 Å². The van der Waals surface area contributed by atoms with E-state index >= 15 is 0 Å². The Kier molecular flexibility index (Phi) is 3.56. The SMILES string of the molecule is COC(=O)[C@H]1[C@H](/C=C(/C=O)c2ccccc2)C1(C)C. The van der Waals surface area contributed by atoms with Crippen molar-refractivity contribution in [3.8, 4) is 0 Å². The number of carbonyl (C=O) groups excluding carboxylic acids is 2. The fourth-order valence-electron chi connectivity index (χ4n) is 2.59. The summed E-state index contributed by atoms with van der Waals surface area (Å²) >= 11 is 0.